The van der Waals surface area contributed by atoms with Crippen molar-refractivity contribution < 1.29 is 19.1 Å². The number of nitrogens with one attached hydrogen (secondary N) is 1. The van der Waals surface area contributed by atoms with E-state index < -0.39 is 24.0 Å². The van der Waals surface area contributed by atoms with Crippen LogP contribution < -0.4 is 5.32 Å². The first kappa shape index (κ1) is 19.6. The Morgan fingerprint density at radius 1 is 1.26 bits per heavy atom. The van der Waals surface area contributed by atoms with E-state index in [0.29, 0.717) is 26.7 Å². The summed E-state index contributed by atoms with van der Waals surface area (Å²) in [6.07, 6.45) is -0.625. The summed E-state index contributed by atoms with van der Waals surface area (Å²) in [6, 6.07) is 8.08. The maximum absolute atomic E-state index is 12.9. The van der Waals surface area contributed by atoms with Crippen molar-refractivity contribution in [1.82, 2.24) is 10.2 Å². The predicted octanol–water partition coefficient (Wildman–Crippen LogP) is 2.87. The summed E-state index contributed by atoms with van der Waals surface area (Å²) in [6.45, 7) is 0.0835. The molecule has 1 aliphatic rings. The van der Waals surface area contributed by atoms with Crippen LogP contribution >= 0.6 is 23.2 Å². The van der Waals surface area contributed by atoms with E-state index in [0.717, 1.165) is 0 Å². The number of likely N-dealkylation sites (N-methyl/N-ethyl adjacent to an activating group) is 1. The zero-order valence-electron chi connectivity index (χ0n) is 14.4. The number of fused-ring (bicyclic) bond motifs is 1. The molecule has 0 heterocycles. The molecular weight excluding hydrogens is 394 g/mol. The smallest absolute Gasteiger partial charge is 0.312 e. The van der Waals surface area contributed by atoms with Crippen LogP contribution in [0.25, 0.3) is 0 Å². The Kier molecular flexibility index (Phi) is 5.69. The molecule has 2 atom stereocenters. The van der Waals surface area contributed by atoms with Gasteiger partial charge in [0.05, 0.1) is 12.1 Å². The van der Waals surface area contributed by atoms with Crippen LogP contribution in [0, 0.1) is 5.82 Å². The van der Waals surface area contributed by atoms with Gasteiger partial charge in [-0.15, -0.1) is 0 Å². The number of carbonyl (C=O) groups is 2. The second-order valence-electron chi connectivity index (χ2n) is 6.40. The van der Waals surface area contributed by atoms with E-state index in [-0.39, 0.29) is 18.8 Å². The Balaban J connectivity index is 1.72. The highest BCUT2D eigenvalue weighted by Crippen LogP contribution is 2.40. The molecule has 1 aliphatic carbocycles. The van der Waals surface area contributed by atoms with Gasteiger partial charge in [-0.05, 0) is 41.0 Å². The summed E-state index contributed by atoms with van der Waals surface area (Å²) < 4.78 is 12.9. The Morgan fingerprint density at radius 2 is 1.93 bits per heavy atom. The molecule has 0 fully saturated rings. The maximum atomic E-state index is 12.9. The molecule has 2 aromatic carbocycles. The third kappa shape index (κ3) is 4.08. The van der Waals surface area contributed by atoms with Gasteiger partial charge >= 0.3 is 11.8 Å². The topological polar surface area (TPSA) is 69.6 Å². The molecule has 0 spiro atoms. The SMILES string of the molecule is CN(C(=O)C(=O)NCc1ccc(F)cc1)[C@@H]1c2cc(Cl)cc(Cl)c2C[C@H]1O. The summed E-state index contributed by atoms with van der Waals surface area (Å²) >= 11 is 12.2. The fourth-order valence-electron chi connectivity index (χ4n) is 3.24. The van der Waals surface area contributed by atoms with Crippen molar-refractivity contribution in [2.75, 3.05) is 7.05 Å². The molecule has 0 radical (unpaired) electrons. The zero-order chi connectivity index (χ0) is 19.7. The lowest BCUT2D eigenvalue weighted by atomic mass is 10.1. The lowest BCUT2D eigenvalue weighted by molar-refractivity contribution is -0.147. The fraction of sp³-hybridized carbons (Fsp3) is 0.263. The third-order valence-corrected chi connectivity index (χ3v) is 5.14. The highest BCUT2D eigenvalue weighted by molar-refractivity contribution is 6.36. The number of aliphatic hydroxyl groups is 1. The number of halogens is 3. The van der Waals surface area contributed by atoms with Gasteiger partial charge in [0.1, 0.15) is 5.82 Å². The fourth-order valence-corrected chi connectivity index (χ4v) is 3.83. The lowest BCUT2D eigenvalue weighted by Crippen LogP contribution is -2.44. The quantitative estimate of drug-likeness (QED) is 0.764. The summed E-state index contributed by atoms with van der Waals surface area (Å²) in [7, 11) is 1.44. The van der Waals surface area contributed by atoms with Crippen molar-refractivity contribution in [1.29, 1.82) is 0 Å². The Morgan fingerprint density at radius 3 is 2.59 bits per heavy atom. The predicted molar refractivity (Wildman–Crippen MR) is 99.9 cm³/mol. The normalized spacial score (nSPS) is 18.1. The molecule has 2 N–H and O–H groups in total. The van der Waals surface area contributed by atoms with Crippen LogP contribution in [0.15, 0.2) is 36.4 Å². The molecule has 27 heavy (non-hydrogen) atoms. The minimum Gasteiger partial charge on any atom is -0.390 e. The largest absolute Gasteiger partial charge is 0.390 e. The van der Waals surface area contributed by atoms with Crippen LogP contribution in [-0.4, -0.2) is 35.0 Å². The summed E-state index contributed by atoms with van der Waals surface area (Å²) in [5.41, 5.74) is 2.00. The van der Waals surface area contributed by atoms with Gasteiger partial charge in [0.2, 0.25) is 0 Å². The summed E-state index contributed by atoms with van der Waals surface area (Å²) in [5, 5.41) is 13.7. The minimum absolute atomic E-state index is 0.0835. The molecule has 0 aliphatic heterocycles. The highest BCUT2D eigenvalue weighted by Gasteiger charge is 2.39. The van der Waals surface area contributed by atoms with Gasteiger partial charge in [-0.25, -0.2) is 4.39 Å². The molecule has 5 nitrogen and oxygen atoms in total. The molecule has 0 aromatic heterocycles. The van der Waals surface area contributed by atoms with E-state index >= 15 is 0 Å². The van der Waals surface area contributed by atoms with Crippen LogP contribution in [0.1, 0.15) is 22.7 Å². The number of benzene rings is 2. The van der Waals surface area contributed by atoms with Crippen molar-refractivity contribution >= 4 is 35.0 Å². The third-order valence-electron chi connectivity index (χ3n) is 4.59. The molecule has 8 heteroatoms. The van der Waals surface area contributed by atoms with Gasteiger partial charge in [-0.1, -0.05) is 35.3 Å². The average molecular weight is 411 g/mol. The van der Waals surface area contributed by atoms with Crippen LogP contribution in [0.2, 0.25) is 10.0 Å². The average Bonchev–Trinajstić information content (AvgIpc) is 2.96. The minimum atomic E-state index is -0.894. The molecule has 3 rings (SSSR count). The number of amides is 2. The first-order valence-electron chi connectivity index (χ1n) is 8.23. The van der Waals surface area contributed by atoms with Crippen LogP contribution in [0.5, 0.6) is 0 Å². The van der Waals surface area contributed by atoms with Crippen LogP contribution in [0.4, 0.5) is 4.39 Å². The molecule has 0 saturated carbocycles. The van der Waals surface area contributed by atoms with E-state index in [1.165, 1.54) is 36.2 Å². The molecule has 0 unspecified atom stereocenters. The van der Waals surface area contributed by atoms with Crippen LogP contribution in [-0.2, 0) is 22.6 Å². The van der Waals surface area contributed by atoms with Gasteiger partial charge < -0.3 is 15.3 Å². The molecule has 142 valence electrons. The zero-order valence-corrected chi connectivity index (χ0v) is 15.9. The second-order valence-corrected chi connectivity index (χ2v) is 7.24. The molecule has 0 bridgehead atoms. The Hall–Kier alpha value is -2.15. The lowest BCUT2D eigenvalue weighted by Gasteiger charge is -2.27. The van der Waals surface area contributed by atoms with E-state index in [4.69, 9.17) is 23.2 Å². The van der Waals surface area contributed by atoms with E-state index in [1.807, 2.05) is 0 Å². The van der Waals surface area contributed by atoms with Gasteiger partial charge in [-0.2, -0.15) is 0 Å². The molecule has 0 saturated heterocycles. The van der Waals surface area contributed by atoms with Crippen molar-refractivity contribution in [3.05, 3.63) is 69.0 Å². The van der Waals surface area contributed by atoms with Gasteiger partial charge in [0.15, 0.2) is 0 Å². The first-order valence-corrected chi connectivity index (χ1v) is 8.99. The van der Waals surface area contributed by atoms with Gasteiger partial charge in [0.25, 0.3) is 0 Å². The highest BCUT2D eigenvalue weighted by atomic mass is 35.5. The monoisotopic (exact) mass is 410 g/mol. The van der Waals surface area contributed by atoms with Crippen molar-refractivity contribution in [3.8, 4) is 0 Å². The van der Waals surface area contributed by atoms with Crippen molar-refractivity contribution in [3.63, 3.8) is 0 Å². The van der Waals surface area contributed by atoms with Gasteiger partial charge in [-0.3, -0.25) is 9.59 Å². The van der Waals surface area contributed by atoms with E-state index in [1.54, 1.807) is 12.1 Å². The Labute approximate surface area is 165 Å². The standard InChI is InChI=1S/C19H17Cl2FN2O3/c1-24(17-14-6-11(20)7-15(21)13(14)8-16(17)25)19(27)18(26)23-9-10-2-4-12(22)5-3-10/h2-7,16-17,25H,8-9H2,1H3,(H,23,26)/t16-,17-/m1/s1. The molecular formula is C19H17Cl2FN2O3. The number of hydrogen-bond acceptors (Lipinski definition) is 3. The second kappa shape index (κ2) is 7.84. The number of nitrogens with zero attached hydrogens (tertiary/aromatic N) is 1. The number of carbonyl (C=O) groups excluding carboxylic acids is 2. The maximum Gasteiger partial charge on any atom is 0.312 e. The molecule has 2 aromatic rings. The number of rotatable bonds is 3. The number of aliphatic hydroxyl groups excluding tert-OH is 1. The first-order chi connectivity index (χ1) is 12.8. The summed E-state index contributed by atoms with van der Waals surface area (Å²) in [4.78, 5) is 25.9. The number of hydrogen-bond donors (Lipinski definition) is 2. The molecule has 2 amide bonds. The van der Waals surface area contributed by atoms with E-state index in [2.05, 4.69) is 5.32 Å². The van der Waals surface area contributed by atoms with Gasteiger partial charge in [0, 0.05) is 30.1 Å². The summed E-state index contributed by atoms with van der Waals surface area (Å²) in [5.74, 6) is -2.01. The van der Waals surface area contributed by atoms with Crippen molar-refractivity contribution in [2.24, 2.45) is 0 Å². The van der Waals surface area contributed by atoms with Crippen molar-refractivity contribution in [2.45, 2.75) is 25.1 Å². The van der Waals surface area contributed by atoms with E-state index in [9.17, 15) is 19.1 Å². The Bertz CT molecular complexity index is 889. The van der Waals surface area contributed by atoms with Crippen LogP contribution in [0.3, 0.4) is 0 Å².